The molecular formula is AlB2BiO6. The molecule has 0 aromatic rings. The first-order valence-corrected chi connectivity index (χ1v) is 1.41. The summed E-state index contributed by atoms with van der Waals surface area (Å²) in [6, 6.07) is 0. The van der Waals surface area contributed by atoms with Gasteiger partial charge in [0, 0.05) is 0 Å². The molecule has 0 rings (SSSR count). The van der Waals surface area contributed by atoms with Gasteiger partial charge >= 0.3 is 43.6 Å². The van der Waals surface area contributed by atoms with Crippen LogP contribution in [0.1, 0.15) is 0 Å². The van der Waals surface area contributed by atoms with Crippen molar-refractivity contribution in [1.82, 2.24) is 0 Å². The van der Waals surface area contributed by atoms with Gasteiger partial charge in [0.2, 0.25) is 0 Å². The van der Waals surface area contributed by atoms with Crippen molar-refractivity contribution < 1.29 is 30.1 Å². The molecule has 0 saturated carbocycles. The summed E-state index contributed by atoms with van der Waals surface area (Å²) in [5, 5.41) is 50.5. The molecule has 0 fully saturated rings. The molecule has 0 aliphatic carbocycles. The zero-order valence-corrected chi connectivity index (χ0v) is 9.26. The van der Waals surface area contributed by atoms with Crippen LogP contribution in [0.5, 0.6) is 0 Å². The average Bonchev–Trinajstić information content (AvgIpc) is 1.25. The number of hydrogen-bond acceptors (Lipinski definition) is 6. The van der Waals surface area contributed by atoms with Crippen molar-refractivity contribution in [2.45, 2.75) is 0 Å². The smallest absolute Gasteiger partial charge is 0.907 e. The van der Waals surface area contributed by atoms with Crippen molar-refractivity contribution >= 4 is 58.2 Å². The molecule has 0 N–H and O–H groups in total. The average molecular weight is 354 g/mol. The number of hydrogen-bond donors (Lipinski definition) is 0. The van der Waals surface area contributed by atoms with Crippen LogP contribution >= 0.6 is 0 Å². The third-order valence-electron chi connectivity index (χ3n) is 0. The molecule has 0 aliphatic heterocycles. The van der Waals surface area contributed by atoms with E-state index in [1.165, 1.54) is 0 Å². The van der Waals surface area contributed by atoms with Gasteiger partial charge in [0.25, 0.3) is 0 Å². The van der Waals surface area contributed by atoms with Crippen LogP contribution in [-0.4, -0.2) is 58.2 Å². The van der Waals surface area contributed by atoms with Crippen molar-refractivity contribution in [3.05, 3.63) is 0 Å². The van der Waals surface area contributed by atoms with Crippen LogP contribution in [-0.2, 0) is 0 Å². The Morgan fingerprint density at radius 3 is 0.600 bits per heavy atom. The van der Waals surface area contributed by atoms with Gasteiger partial charge in [-0.05, 0) is 0 Å². The van der Waals surface area contributed by atoms with Gasteiger partial charge in [-0.2, -0.15) is 0 Å². The number of rotatable bonds is 0. The molecule has 0 aromatic heterocycles. The van der Waals surface area contributed by atoms with Gasteiger partial charge in [0.05, 0.1) is 0 Å². The Kier molecular flexibility index (Phi) is 37.6. The van der Waals surface area contributed by atoms with Crippen LogP contribution in [0.4, 0.5) is 0 Å². The van der Waals surface area contributed by atoms with Gasteiger partial charge in [-0.25, -0.2) is 0 Å². The van der Waals surface area contributed by atoms with Crippen LogP contribution in [0.25, 0.3) is 0 Å². The molecule has 0 atom stereocenters. The molecule has 0 aromatic carbocycles. The van der Waals surface area contributed by atoms with E-state index in [1.807, 2.05) is 0 Å². The van der Waals surface area contributed by atoms with E-state index in [2.05, 4.69) is 0 Å². The second-order valence-electron chi connectivity index (χ2n) is 0.577. The first-order valence-electron chi connectivity index (χ1n) is 1.41. The zero-order valence-electron chi connectivity index (χ0n) is 4.63. The van der Waals surface area contributed by atoms with Crippen LogP contribution < -0.4 is 30.1 Å². The molecule has 2 radical (unpaired) electrons. The van der Waals surface area contributed by atoms with Gasteiger partial charge in [0.1, 0.15) is 0 Å². The van der Waals surface area contributed by atoms with E-state index in [1.54, 1.807) is 0 Å². The molecule has 10 heteroatoms. The Morgan fingerprint density at radius 1 is 0.600 bits per heavy atom. The first-order chi connectivity index (χ1) is 3.46. The zero-order chi connectivity index (χ0) is 7.15. The summed E-state index contributed by atoms with van der Waals surface area (Å²) in [7, 11) is -5.83. The van der Waals surface area contributed by atoms with Crippen LogP contribution in [0, 0.1) is 0 Å². The minimum Gasteiger partial charge on any atom is -0.907 e. The summed E-state index contributed by atoms with van der Waals surface area (Å²) in [6.45, 7) is 0. The van der Waals surface area contributed by atoms with Crippen molar-refractivity contribution in [2.75, 3.05) is 0 Å². The van der Waals surface area contributed by atoms with Crippen molar-refractivity contribution in [2.24, 2.45) is 0 Å². The second kappa shape index (κ2) is 16.7. The Morgan fingerprint density at radius 2 is 0.600 bits per heavy atom. The quantitative estimate of drug-likeness (QED) is 0.396. The predicted molar refractivity (Wildman–Crippen MR) is 23.0 cm³/mol. The van der Waals surface area contributed by atoms with Crippen molar-refractivity contribution in [3.63, 3.8) is 0 Å². The van der Waals surface area contributed by atoms with E-state index in [0.717, 1.165) is 0 Å². The molecule has 0 heterocycles. The van der Waals surface area contributed by atoms with E-state index < -0.39 is 14.6 Å². The Hall–Kier alpha value is 1.31. The topological polar surface area (TPSA) is 138 Å². The standard InChI is InChI=1S/Al.2BO3.Bi/c;2*2-1(3)4;/q+3;2*-3;+3. The van der Waals surface area contributed by atoms with Gasteiger partial charge in [-0.1, -0.05) is 0 Å². The molecule has 50 valence electrons. The fourth-order valence-corrected chi connectivity index (χ4v) is 0. The van der Waals surface area contributed by atoms with E-state index in [4.69, 9.17) is 30.1 Å². The molecule has 0 aliphatic rings. The molecule has 0 unspecified atom stereocenters. The first kappa shape index (κ1) is 22.5. The Balaban J connectivity index is -0.0000000300. The van der Waals surface area contributed by atoms with E-state index in [-0.39, 0.29) is 43.6 Å². The fraction of sp³-hybridized carbons (Fsp3) is 0. The SMILES string of the molecule is [Al+3].[Bi+3].[O-]B([O-])[O-].[O-]B([O-])[O-]. The van der Waals surface area contributed by atoms with Gasteiger partial charge in [-0.15, -0.1) is 0 Å². The second-order valence-corrected chi connectivity index (χ2v) is 0.577. The van der Waals surface area contributed by atoms with E-state index in [9.17, 15) is 0 Å². The Bertz CT molecular complexity index is 31.2. The third-order valence-corrected chi connectivity index (χ3v) is 0. The predicted octanol–water partition coefficient (Wildman–Crippen LogP) is -8.66. The monoisotopic (exact) mass is 354 g/mol. The molecular weight excluding hydrogens is 354 g/mol. The summed E-state index contributed by atoms with van der Waals surface area (Å²) in [4.78, 5) is 0. The van der Waals surface area contributed by atoms with Gasteiger partial charge in [0.15, 0.2) is 0 Å². The minimum absolute atomic E-state index is 0. The molecule has 6 nitrogen and oxygen atoms in total. The molecule has 10 heavy (non-hydrogen) atoms. The molecule has 0 bridgehead atoms. The van der Waals surface area contributed by atoms with Crippen molar-refractivity contribution in [3.8, 4) is 0 Å². The maximum absolute atomic E-state index is 8.42. The summed E-state index contributed by atoms with van der Waals surface area (Å²) in [6.07, 6.45) is 0. The Labute approximate surface area is 88.1 Å². The summed E-state index contributed by atoms with van der Waals surface area (Å²) in [5.74, 6) is 0. The van der Waals surface area contributed by atoms with Crippen LogP contribution in [0.3, 0.4) is 0 Å². The summed E-state index contributed by atoms with van der Waals surface area (Å²) < 4.78 is 0. The maximum atomic E-state index is 8.42. The van der Waals surface area contributed by atoms with Crippen LogP contribution in [0.15, 0.2) is 0 Å². The maximum Gasteiger partial charge on any atom is 3.00 e. The van der Waals surface area contributed by atoms with Crippen molar-refractivity contribution in [1.29, 1.82) is 0 Å². The van der Waals surface area contributed by atoms with Crippen LogP contribution in [0.2, 0.25) is 0 Å². The van der Waals surface area contributed by atoms with E-state index >= 15 is 0 Å². The van der Waals surface area contributed by atoms with Gasteiger partial charge in [-0.3, -0.25) is 14.6 Å². The molecule has 0 amide bonds. The largest absolute Gasteiger partial charge is 3.00 e. The minimum atomic E-state index is -2.92. The summed E-state index contributed by atoms with van der Waals surface area (Å²) in [5.41, 5.74) is 0. The molecule has 0 spiro atoms. The normalized spacial score (nSPS) is 5.40. The van der Waals surface area contributed by atoms with E-state index in [0.29, 0.717) is 0 Å². The summed E-state index contributed by atoms with van der Waals surface area (Å²) >= 11 is 0. The van der Waals surface area contributed by atoms with Gasteiger partial charge < -0.3 is 30.1 Å². The fourth-order valence-electron chi connectivity index (χ4n) is 0. The third kappa shape index (κ3) is 377. The molecule has 0 saturated heterocycles.